The fourth-order valence-electron chi connectivity index (χ4n) is 5.74. The number of likely N-dealkylation sites (tertiary alicyclic amines) is 2. The summed E-state index contributed by atoms with van der Waals surface area (Å²) in [7, 11) is 0. The van der Waals surface area contributed by atoms with Gasteiger partial charge in [0.05, 0.1) is 5.41 Å². The summed E-state index contributed by atoms with van der Waals surface area (Å²) in [6, 6.07) is 14.1. The van der Waals surface area contributed by atoms with E-state index in [0.29, 0.717) is 23.9 Å². The average Bonchev–Trinajstić information content (AvgIpc) is 3.03. The Hall–Kier alpha value is -2.86. The van der Waals surface area contributed by atoms with Crippen LogP contribution in [0.1, 0.15) is 60.2 Å². The molecule has 0 aliphatic carbocycles. The van der Waals surface area contributed by atoms with E-state index in [9.17, 15) is 19.8 Å². The van der Waals surface area contributed by atoms with Crippen molar-refractivity contribution in [2.24, 2.45) is 11.3 Å². The molecule has 6 nitrogen and oxygen atoms in total. The van der Waals surface area contributed by atoms with Crippen LogP contribution in [0, 0.1) is 18.3 Å². The monoisotopic (exact) mass is 464 g/mol. The molecule has 2 saturated heterocycles. The van der Waals surface area contributed by atoms with E-state index in [-0.39, 0.29) is 22.8 Å². The maximum Gasteiger partial charge on any atom is 0.339 e. The number of amides is 1. The quantitative estimate of drug-likeness (QED) is 0.631. The standard InChI is InChI=1S/C28H36N2O4/c1-19(2)17-30-23(14-21-7-5-4-6-8-21)16-28(27(30)34)9-11-29(12-10-28)18-22-13-20(3)25(31)24(15-22)26(32)33/h4-8,13,15,19,23,31H,9-12,14,16-18H2,1-3H3,(H,32,33)/t23-/m1/s1. The number of carbonyl (C=O) groups is 2. The zero-order valence-electron chi connectivity index (χ0n) is 20.5. The number of benzene rings is 2. The van der Waals surface area contributed by atoms with Crippen molar-refractivity contribution in [3.63, 3.8) is 0 Å². The van der Waals surface area contributed by atoms with Crippen molar-refractivity contribution in [3.8, 4) is 5.75 Å². The van der Waals surface area contributed by atoms with Crippen molar-refractivity contribution >= 4 is 11.9 Å². The average molecular weight is 465 g/mol. The van der Waals surface area contributed by atoms with E-state index in [1.165, 1.54) is 5.56 Å². The zero-order valence-corrected chi connectivity index (χ0v) is 20.5. The van der Waals surface area contributed by atoms with Crippen LogP contribution in [0.15, 0.2) is 42.5 Å². The Kier molecular flexibility index (Phi) is 6.99. The Bertz CT molecular complexity index is 1040. The topological polar surface area (TPSA) is 81.1 Å². The molecule has 2 aromatic rings. The first-order valence-electron chi connectivity index (χ1n) is 12.3. The molecule has 2 aliphatic rings. The van der Waals surface area contributed by atoms with Crippen molar-refractivity contribution in [1.82, 2.24) is 9.80 Å². The lowest BCUT2D eigenvalue weighted by atomic mass is 9.75. The van der Waals surface area contributed by atoms with E-state index < -0.39 is 5.97 Å². The number of aromatic hydroxyl groups is 1. The van der Waals surface area contributed by atoms with Crippen molar-refractivity contribution in [2.75, 3.05) is 19.6 Å². The first-order chi connectivity index (χ1) is 16.2. The van der Waals surface area contributed by atoms with Gasteiger partial charge in [-0.2, -0.15) is 0 Å². The molecule has 2 aliphatic heterocycles. The van der Waals surface area contributed by atoms with Gasteiger partial charge in [-0.15, -0.1) is 0 Å². The van der Waals surface area contributed by atoms with Crippen LogP contribution < -0.4 is 0 Å². The minimum Gasteiger partial charge on any atom is -0.507 e. The second-order valence-corrected chi connectivity index (χ2v) is 10.6. The molecule has 2 heterocycles. The lowest BCUT2D eigenvalue weighted by Crippen LogP contribution is -2.45. The zero-order chi connectivity index (χ0) is 24.5. The van der Waals surface area contributed by atoms with Crippen LogP contribution >= 0.6 is 0 Å². The van der Waals surface area contributed by atoms with Gasteiger partial charge < -0.3 is 15.1 Å². The molecule has 0 saturated carbocycles. The molecule has 0 radical (unpaired) electrons. The molecule has 0 bridgehead atoms. The number of carboxylic acid groups (broad SMARTS) is 1. The predicted molar refractivity (Wildman–Crippen MR) is 132 cm³/mol. The van der Waals surface area contributed by atoms with Crippen LogP contribution in [0.4, 0.5) is 0 Å². The lowest BCUT2D eigenvalue weighted by Gasteiger charge is -2.38. The van der Waals surface area contributed by atoms with Crippen LogP contribution in [-0.4, -0.2) is 57.6 Å². The Morgan fingerprint density at radius 3 is 2.41 bits per heavy atom. The molecular weight excluding hydrogens is 428 g/mol. The van der Waals surface area contributed by atoms with E-state index in [1.807, 2.05) is 12.1 Å². The van der Waals surface area contributed by atoms with Crippen molar-refractivity contribution in [3.05, 3.63) is 64.7 Å². The van der Waals surface area contributed by atoms with E-state index in [0.717, 1.165) is 50.9 Å². The lowest BCUT2D eigenvalue weighted by molar-refractivity contribution is -0.139. The summed E-state index contributed by atoms with van der Waals surface area (Å²) in [6.45, 7) is 9.10. The SMILES string of the molecule is Cc1cc(CN2CCC3(CC2)C[C@@H](Cc2ccccc2)N(CC(C)C)C3=O)cc(C(=O)O)c1O. The third-order valence-corrected chi connectivity index (χ3v) is 7.47. The van der Waals surface area contributed by atoms with Gasteiger partial charge in [0.15, 0.2) is 0 Å². The third kappa shape index (κ3) is 4.97. The number of phenols is 1. The molecule has 0 aromatic heterocycles. The van der Waals surface area contributed by atoms with Crippen LogP contribution in [0.25, 0.3) is 0 Å². The second-order valence-electron chi connectivity index (χ2n) is 10.6. The molecule has 1 atom stereocenters. The van der Waals surface area contributed by atoms with E-state index >= 15 is 0 Å². The largest absolute Gasteiger partial charge is 0.507 e. The van der Waals surface area contributed by atoms with Gasteiger partial charge in [-0.1, -0.05) is 50.2 Å². The maximum absolute atomic E-state index is 13.7. The Labute approximate surface area is 202 Å². The summed E-state index contributed by atoms with van der Waals surface area (Å²) in [4.78, 5) is 29.6. The summed E-state index contributed by atoms with van der Waals surface area (Å²) in [6.07, 6.45) is 3.46. The highest BCUT2D eigenvalue weighted by Gasteiger charge is 2.52. The summed E-state index contributed by atoms with van der Waals surface area (Å²) >= 11 is 0. The Morgan fingerprint density at radius 2 is 1.79 bits per heavy atom. The summed E-state index contributed by atoms with van der Waals surface area (Å²) < 4.78 is 0. The molecule has 2 fully saturated rings. The van der Waals surface area contributed by atoms with Gasteiger partial charge in [0, 0.05) is 19.1 Å². The number of carboxylic acids is 1. The van der Waals surface area contributed by atoms with Crippen LogP contribution in [-0.2, 0) is 17.8 Å². The molecule has 34 heavy (non-hydrogen) atoms. The van der Waals surface area contributed by atoms with Crippen molar-refractivity contribution in [2.45, 2.75) is 59.0 Å². The van der Waals surface area contributed by atoms with Crippen molar-refractivity contribution in [1.29, 1.82) is 0 Å². The molecule has 4 rings (SSSR count). The number of rotatable bonds is 7. The predicted octanol–water partition coefficient (Wildman–Crippen LogP) is 4.48. The highest BCUT2D eigenvalue weighted by molar-refractivity contribution is 5.91. The molecule has 1 spiro atoms. The van der Waals surface area contributed by atoms with E-state index in [1.54, 1.807) is 13.0 Å². The highest BCUT2D eigenvalue weighted by Crippen LogP contribution is 2.45. The van der Waals surface area contributed by atoms with Gasteiger partial charge in [-0.25, -0.2) is 4.79 Å². The number of piperidine rings is 1. The molecular formula is C28H36N2O4. The molecule has 0 unspecified atom stereocenters. The molecule has 6 heteroatoms. The number of nitrogens with zero attached hydrogens (tertiary/aromatic N) is 2. The van der Waals surface area contributed by atoms with Gasteiger partial charge in [0.25, 0.3) is 0 Å². The van der Waals surface area contributed by atoms with Crippen LogP contribution in [0.2, 0.25) is 0 Å². The third-order valence-electron chi connectivity index (χ3n) is 7.47. The van der Waals surface area contributed by atoms with Gasteiger partial charge in [-0.05, 0) is 74.4 Å². The van der Waals surface area contributed by atoms with Gasteiger partial charge in [-0.3, -0.25) is 9.69 Å². The Morgan fingerprint density at radius 1 is 1.12 bits per heavy atom. The summed E-state index contributed by atoms with van der Waals surface area (Å²) in [5.41, 5.74) is 2.39. The van der Waals surface area contributed by atoms with Crippen LogP contribution in [0.5, 0.6) is 5.75 Å². The molecule has 2 N–H and O–H groups in total. The number of hydrogen-bond acceptors (Lipinski definition) is 4. The first-order valence-corrected chi connectivity index (χ1v) is 12.3. The van der Waals surface area contributed by atoms with E-state index in [4.69, 9.17) is 0 Å². The molecule has 2 aromatic carbocycles. The maximum atomic E-state index is 13.7. The summed E-state index contributed by atoms with van der Waals surface area (Å²) in [5.74, 6) is -0.541. The Balaban J connectivity index is 1.46. The second kappa shape index (κ2) is 9.79. The van der Waals surface area contributed by atoms with Gasteiger partial charge in [0.1, 0.15) is 11.3 Å². The number of hydrogen-bond donors (Lipinski definition) is 2. The summed E-state index contributed by atoms with van der Waals surface area (Å²) in [5, 5.41) is 19.4. The minimum absolute atomic E-state index is 0.0532. The number of aryl methyl sites for hydroxylation is 1. The number of aromatic carboxylic acids is 1. The van der Waals surface area contributed by atoms with Gasteiger partial charge in [0.2, 0.25) is 5.91 Å². The normalized spacial score (nSPS) is 20.4. The highest BCUT2D eigenvalue weighted by atomic mass is 16.4. The van der Waals surface area contributed by atoms with E-state index in [2.05, 4.69) is 47.9 Å². The smallest absolute Gasteiger partial charge is 0.339 e. The molecule has 1 amide bonds. The fraction of sp³-hybridized carbons (Fsp3) is 0.500. The van der Waals surface area contributed by atoms with Crippen molar-refractivity contribution < 1.29 is 19.8 Å². The van der Waals surface area contributed by atoms with Crippen LogP contribution in [0.3, 0.4) is 0 Å². The molecule has 182 valence electrons. The fourth-order valence-corrected chi connectivity index (χ4v) is 5.74. The minimum atomic E-state index is -1.12. The number of carbonyl (C=O) groups excluding carboxylic acids is 1. The van der Waals surface area contributed by atoms with Gasteiger partial charge >= 0.3 is 5.97 Å². The first kappa shape index (κ1) is 24.3.